The van der Waals surface area contributed by atoms with Crippen molar-refractivity contribution >= 4 is 27.3 Å². The van der Waals surface area contributed by atoms with Crippen LogP contribution in [0.15, 0.2) is 12.1 Å². The fourth-order valence-electron chi connectivity index (χ4n) is 3.26. The molecular weight excluding hydrogens is 416 g/mol. The number of carbonyl (C=O) groups is 1. The second-order valence-electron chi connectivity index (χ2n) is 7.92. The van der Waals surface area contributed by atoms with Crippen LogP contribution in [0.2, 0.25) is 0 Å². The van der Waals surface area contributed by atoms with Crippen molar-refractivity contribution in [3.8, 4) is 0 Å². The highest BCUT2D eigenvalue weighted by Crippen LogP contribution is 2.29. The Kier molecular flexibility index (Phi) is 8.57. The van der Waals surface area contributed by atoms with E-state index in [0.29, 0.717) is 25.9 Å². The number of hydrogen-bond acceptors (Lipinski definition) is 5. The lowest BCUT2D eigenvalue weighted by Crippen LogP contribution is -2.45. The standard InChI is InChI=1S/C20H31F2N3O4S/c1-13(2)30(27,28)23-10-6-5-7-18(26)24-16-8-9-17(20(22)19(16)21)25-11-14(3)29-15(4)12-25/h8-9,13-15,23H,5-7,10-12H2,1-4H3,(H,24,26)/t14-,15+. The topological polar surface area (TPSA) is 87.7 Å². The molecule has 170 valence electrons. The first-order valence-electron chi connectivity index (χ1n) is 10.2. The second-order valence-corrected chi connectivity index (χ2v) is 10.2. The lowest BCUT2D eigenvalue weighted by Gasteiger charge is -2.37. The van der Waals surface area contributed by atoms with Gasteiger partial charge in [-0.2, -0.15) is 0 Å². The number of nitrogens with zero attached hydrogens (tertiary/aromatic N) is 1. The van der Waals surface area contributed by atoms with Crippen LogP contribution in [0.4, 0.5) is 20.2 Å². The summed E-state index contributed by atoms with van der Waals surface area (Å²) < 4.78 is 60.5. The summed E-state index contributed by atoms with van der Waals surface area (Å²) in [5.74, 6) is -2.56. The lowest BCUT2D eigenvalue weighted by molar-refractivity contribution is -0.116. The highest BCUT2D eigenvalue weighted by atomic mass is 32.2. The number of amides is 1. The first-order chi connectivity index (χ1) is 14.0. The third-order valence-electron chi connectivity index (χ3n) is 4.85. The highest BCUT2D eigenvalue weighted by Gasteiger charge is 2.26. The van der Waals surface area contributed by atoms with Gasteiger partial charge in [0.15, 0.2) is 11.6 Å². The Morgan fingerprint density at radius 3 is 2.40 bits per heavy atom. The Morgan fingerprint density at radius 2 is 1.80 bits per heavy atom. The SMILES string of the molecule is CC(C)S(=O)(=O)NCCCCC(=O)Nc1ccc(N2C[C@@H](C)O[C@@H](C)C2)c(F)c1F. The molecule has 0 aliphatic carbocycles. The van der Waals surface area contributed by atoms with Crippen LogP contribution in [0.3, 0.4) is 0 Å². The predicted octanol–water partition coefficient (Wildman–Crippen LogP) is 3.02. The van der Waals surface area contributed by atoms with Gasteiger partial charge in [-0.1, -0.05) is 0 Å². The molecule has 30 heavy (non-hydrogen) atoms. The molecule has 1 fully saturated rings. The third kappa shape index (κ3) is 6.61. The van der Waals surface area contributed by atoms with Gasteiger partial charge >= 0.3 is 0 Å². The number of ether oxygens (including phenoxy) is 1. The molecule has 1 heterocycles. The monoisotopic (exact) mass is 447 g/mol. The second kappa shape index (κ2) is 10.5. The van der Waals surface area contributed by atoms with Gasteiger partial charge in [0.2, 0.25) is 15.9 Å². The summed E-state index contributed by atoms with van der Waals surface area (Å²) in [6.45, 7) is 8.03. The average molecular weight is 448 g/mol. The summed E-state index contributed by atoms with van der Waals surface area (Å²) in [6, 6.07) is 2.81. The molecule has 1 amide bonds. The average Bonchev–Trinajstić information content (AvgIpc) is 2.64. The molecule has 0 unspecified atom stereocenters. The van der Waals surface area contributed by atoms with Crippen LogP contribution in [0.5, 0.6) is 0 Å². The molecule has 2 atom stereocenters. The molecule has 0 aromatic heterocycles. The van der Waals surface area contributed by atoms with E-state index < -0.39 is 32.8 Å². The van der Waals surface area contributed by atoms with Gasteiger partial charge < -0.3 is 15.0 Å². The molecule has 1 aromatic rings. The summed E-state index contributed by atoms with van der Waals surface area (Å²) in [5, 5.41) is 1.87. The van der Waals surface area contributed by atoms with Gasteiger partial charge in [-0.15, -0.1) is 0 Å². The van der Waals surface area contributed by atoms with Gasteiger partial charge in [0.05, 0.1) is 28.8 Å². The van der Waals surface area contributed by atoms with E-state index in [0.717, 1.165) is 0 Å². The van der Waals surface area contributed by atoms with Crippen molar-refractivity contribution < 1.29 is 26.7 Å². The molecule has 0 radical (unpaired) electrons. The van der Waals surface area contributed by atoms with E-state index in [1.165, 1.54) is 12.1 Å². The van der Waals surface area contributed by atoms with Gasteiger partial charge in [-0.25, -0.2) is 21.9 Å². The summed E-state index contributed by atoms with van der Waals surface area (Å²) in [6.07, 6.45) is 0.757. The van der Waals surface area contributed by atoms with E-state index in [9.17, 15) is 22.0 Å². The number of nitrogens with one attached hydrogen (secondary N) is 2. The summed E-state index contributed by atoms with van der Waals surface area (Å²) in [4.78, 5) is 13.8. The maximum atomic E-state index is 14.6. The number of anilines is 2. The summed E-state index contributed by atoms with van der Waals surface area (Å²) in [5.41, 5.74) is -0.0685. The maximum Gasteiger partial charge on any atom is 0.224 e. The van der Waals surface area contributed by atoms with Crippen molar-refractivity contribution in [1.82, 2.24) is 4.72 Å². The smallest absolute Gasteiger partial charge is 0.224 e. The van der Waals surface area contributed by atoms with Crippen LogP contribution in [-0.4, -0.2) is 51.4 Å². The predicted molar refractivity (Wildman–Crippen MR) is 113 cm³/mol. The van der Waals surface area contributed by atoms with Crippen molar-refractivity contribution in [2.45, 2.75) is 64.4 Å². The van der Waals surface area contributed by atoms with E-state index in [4.69, 9.17) is 4.74 Å². The van der Waals surface area contributed by atoms with Crippen LogP contribution in [0, 0.1) is 11.6 Å². The Morgan fingerprint density at radius 1 is 1.17 bits per heavy atom. The number of unbranched alkanes of at least 4 members (excludes halogenated alkanes) is 1. The zero-order valence-electron chi connectivity index (χ0n) is 17.9. The number of carbonyl (C=O) groups excluding carboxylic acids is 1. The third-order valence-corrected chi connectivity index (χ3v) is 6.70. The minimum atomic E-state index is -3.33. The normalized spacial score (nSPS) is 19.9. The zero-order valence-corrected chi connectivity index (χ0v) is 18.7. The van der Waals surface area contributed by atoms with E-state index >= 15 is 0 Å². The minimum absolute atomic E-state index is 0.0741. The number of hydrogen-bond donors (Lipinski definition) is 2. The van der Waals surface area contributed by atoms with Crippen LogP contribution in [0.25, 0.3) is 0 Å². The minimum Gasteiger partial charge on any atom is -0.372 e. The zero-order chi connectivity index (χ0) is 22.5. The molecule has 2 N–H and O–H groups in total. The molecule has 2 rings (SSSR count). The molecular formula is C20H31F2N3O4S. The summed E-state index contributed by atoms with van der Waals surface area (Å²) in [7, 11) is -3.33. The quantitative estimate of drug-likeness (QED) is 0.568. The van der Waals surface area contributed by atoms with Crippen LogP contribution < -0.4 is 14.9 Å². The Balaban J connectivity index is 1.88. The van der Waals surface area contributed by atoms with Crippen molar-refractivity contribution in [1.29, 1.82) is 0 Å². The molecule has 1 aliphatic heterocycles. The molecule has 7 nitrogen and oxygen atoms in total. The first-order valence-corrected chi connectivity index (χ1v) is 11.7. The Labute approximate surface area is 177 Å². The number of halogens is 2. The van der Waals surface area contributed by atoms with E-state index in [2.05, 4.69) is 10.0 Å². The Hall–Kier alpha value is -1.78. The molecule has 0 spiro atoms. The molecule has 0 bridgehead atoms. The van der Waals surface area contributed by atoms with E-state index in [1.54, 1.807) is 18.7 Å². The van der Waals surface area contributed by atoms with Gasteiger partial charge in [0.1, 0.15) is 0 Å². The molecule has 10 heteroatoms. The van der Waals surface area contributed by atoms with Crippen LogP contribution in [-0.2, 0) is 19.6 Å². The van der Waals surface area contributed by atoms with Crippen molar-refractivity contribution in [2.75, 3.05) is 29.9 Å². The highest BCUT2D eigenvalue weighted by molar-refractivity contribution is 7.90. The number of benzene rings is 1. The molecule has 1 aliphatic rings. The van der Waals surface area contributed by atoms with Crippen LogP contribution >= 0.6 is 0 Å². The first kappa shape index (κ1) is 24.5. The van der Waals surface area contributed by atoms with Gasteiger partial charge in [-0.05, 0) is 52.7 Å². The van der Waals surface area contributed by atoms with Crippen molar-refractivity contribution in [3.05, 3.63) is 23.8 Å². The molecule has 1 saturated heterocycles. The largest absolute Gasteiger partial charge is 0.372 e. The van der Waals surface area contributed by atoms with Crippen molar-refractivity contribution in [2.24, 2.45) is 0 Å². The van der Waals surface area contributed by atoms with Gasteiger partial charge in [-0.3, -0.25) is 4.79 Å². The molecule has 0 saturated carbocycles. The van der Waals surface area contributed by atoms with Gasteiger partial charge in [0, 0.05) is 26.1 Å². The number of rotatable bonds is 9. The fourth-order valence-corrected chi connectivity index (χ4v) is 4.02. The van der Waals surface area contributed by atoms with E-state index in [1.807, 2.05) is 13.8 Å². The maximum absolute atomic E-state index is 14.6. The lowest BCUT2D eigenvalue weighted by atomic mass is 10.1. The van der Waals surface area contributed by atoms with Gasteiger partial charge in [0.25, 0.3) is 0 Å². The van der Waals surface area contributed by atoms with Crippen molar-refractivity contribution in [3.63, 3.8) is 0 Å². The fraction of sp³-hybridized carbons (Fsp3) is 0.650. The van der Waals surface area contributed by atoms with E-state index in [-0.39, 0.29) is 36.5 Å². The Bertz CT molecular complexity index is 839. The number of morpholine rings is 1. The summed E-state index contributed by atoms with van der Waals surface area (Å²) >= 11 is 0. The number of sulfonamides is 1. The van der Waals surface area contributed by atoms with Crippen LogP contribution in [0.1, 0.15) is 47.0 Å². The molecule has 1 aromatic carbocycles.